The molecule has 0 saturated carbocycles. The summed E-state index contributed by atoms with van der Waals surface area (Å²) >= 11 is 0. The van der Waals surface area contributed by atoms with E-state index in [9.17, 15) is 0 Å². The number of rotatable bonds is 12. The molecule has 5 heteroatoms. The van der Waals surface area contributed by atoms with E-state index >= 15 is 0 Å². The minimum atomic E-state index is -2.48. The van der Waals surface area contributed by atoms with E-state index in [1.54, 1.807) is 0 Å². The highest BCUT2D eigenvalue weighted by Gasteiger charge is 2.39. The Kier molecular flexibility index (Phi) is 9.59. The first-order valence-electron chi connectivity index (χ1n) is 8.30. The highest BCUT2D eigenvalue weighted by atomic mass is 28.4. The second-order valence-electron chi connectivity index (χ2n) is 5.31. The van der Waals surface area contributed by atoms with E-state index in [0.717, 1.165) is 25.6 Å². The summed E-state index contributed by atoms with van der Waals surface area (Å²) in [7, 11) is -0.330. The summed E-state index contributed by atoms with van der Waals surface area (Å²) in [5.41, 5.74) is 1.34. The molecule has 0 aliphatic heterocycles. The Hall–Kier alpha value is -0.723. The molecule has 0 saturated heterocycles. The van der Waals surface area contributed by atoms with Gasteiger partial charge in [0.05, 0.1) is 0 Å². The van der Waals surface area contributed by atoms with Crippen molar-refractivity contribution in [3.63, 3.8) is 0 Å². The molecule has 1 rings (SSSR count). The molecule has 0 unspecified atom stereocenters. The molecule has 0 aromatic heterocycles. The van der Waals surface area contributed by atoms with Crippen LogP contribution in [-0.4, -0.2) is 47.1 Å². The zero-order valence-electron chi connectivity index (χ0n) is 14.5. The van der Waals surface area contributed by atoms with Crippen LogP contribution in [0.1, 0.15) is 32.8 Å². The first-order valence-corrected chi connectivity index (χ1v) is 10.2. The van der Waals surface area contributed by atoms with E-state index in [0.29, 0.717) is 19.8 Å². The van der Waals surface area contributed by atoms with Crippen molar-refractivity contribution in [2.75, 3.05) is 33.4 Å². The van der Waals surface area contributed by atoms with Gasteiger partial charge in [0, 0.05) is 32.4 Å². The highest BCUT2D eigenvalue weighted by molar-refractivity contribution is 6.60. The van der Waals surface area contributed by atoms with E-state index < -0.39 is 8.80 Å². The summed E-state index contributed by atoms with van der Waals surface area (Å²) in [6.07, 6.45) is 1.02. The molecule has 1 aromatic rings. The fraction of sp³-hybridized carbons (Fsp3) is 0.647. The molecule has 0 aliphatic rings. The Bertz CT molecular complexity index is 372. The van der Waals surface area contributed by atoms with Crippen LogP contribution in [0.2, 0.25) is 6.04 Å². The van der Waals surface area contributed by atoms with Crippen molar-refractivity contribution in [3.8, 4) is 0 Å². The average Bonchev–Trinajstić information content (AvgIpc) is 2.49. The molecule has 0 spiro atoms. The molecule has 0 radical (unpaired) electrons. The lowest BCUT2D eigenvalue weighted by Crippen LogP contribution is -2.46. The number of nitrogens with zero attached hydrogens (tertiary/aromatic N) is 1. The van der Waals surface area contributed by atoms with Crippen LogP contribution in [-0.2, 0) is 19.8 Å². The van der Waals surface area contributed by atoms with E-state index in [2.05, 4.69) is 42.3 Å². The van der Waals surface area contributed by atoms with Crippen LogP contribution in [0.5, 0.6) is 0 Å². The van der Waals surface area contributed by atoms with Gasteiger partial charge in [-0.25, -0.2) is 0 Å². The van der Waals surface area contributed by atoms with Gasteiger partial charge in [0.15, 0.2) is 0 Å². The third kappa shape index (κ3) is 7.02. The minimum absolute atomic E-state index is 0.645. The third-order valence-corrected chi connectivity index (χ3v) is 6.56. The summed E-state index contributed by atoms with van der Waals surface area (Å²) in [4.78, 5) is 2.33. The number of benzene rings is 1. The van der Waals surface area contributed by atoms with E-state index in [4.69, 9.17) is 13.3 Å². The molecule has 1 aromatic carbocycles. The Morgan fingerprint density at radius 2 is 1.45 bits per heavy atom. The van der Waals surface area contributed by atoms with Crippen LogP contribution in [0.4, 0.5) is 0 Å². The van der Waals surface area contributed by atoms with Crippen LogP contribution < -0.4 is 0 Å². The summed E-state index contributed by atoms with van der Waals surface area (Å²) in [5.74, 6) is 0. The van der Waals surface area contributed by atoms with Gasteiger partial charge in [0.1, 0.15) is 0 Å². The second-order valence-corrected chi connectivity index (χ2v) is 8.04. The van der Waals surface area contributed by atoms with Crippen LogP contribution in [0.3, 0.4) is 0 Å². The van der Waals surface area contributed by atoms with Crippen LogP contribution in [0, 0.1) is 0 Å². The molecule has 0 N–H and O–H groups in total. The maximum atomic E-state index is 5.89. The Morgan fingerprint density at radius 3 is 1.95 bits per heavy atom. The van der Waals surface area contributed by atoms with Crippen LogP contribution in [0.15, 0.2) is 30.3 Å². The van der Waals surface area contributed by atoms with Crippen LogP contribution in [0.25, 0.3) is 0 Å². The monoisotopic (exact) mass is 325 g/mol. The van der Waals surface area contributed by atoms with Gasteiger partial charge in [-0.1, -0.05) is 30.3 Å². The van der Waals surface area contributed by atoms with Gasteiger partial charge < -0.3 is 18.2 Å². The molecule has 0 amide bonds. The zero-order valence-corrected chi connectivity index (χ0v) is 15.5. The van der Waals surface area contributed by atoms with E-state index in [1.807, 2.05) is 20.8 Å². The predicted octanol–water partition coefficient (Wildman–Crippen LogP) is 3.56. The fourth-order valence-corrected chi connectivity index (χ4v) is 5.13. The van der Waals surface area contributed by atoms with Crippen molar-refractivity contribution in [3.05, 3.63) is 35.9 Å². The molecular formula is C17H31NO3Si. The molecule has 0 heterocycles. The average molecular weight is 326 g/mol. The van der Waals surface area contributed by atoms with Gasteiger partial charge in [0.2, 0.25) is 0 Å². The highest BCUT2D eigenvalue weighted by Crippen LogP contribution is 2.18. The quantitative estimate of drug-likeness (QED) is 0.550. The van der Waals surface area contributed by atoms with Gasteiger partial charge in [0.25, 0.3) is 0 Å². The summed E-state index contributed by atoms with van der Waals surface area (Å²) < 4.78 is 17.7. The first-order chi connectivity index (χ1) is 10.7. The molecule has 4 nitrogen and oxygen atoms in total. The molecule has 126 valence electrons. The lowest BCUT2D eigenvalue weighted by Gasteiger charge is -2.29. The number of hydrogen-bond donors (Lipinski definition) is 0. The lowest BCUT2D eigenvalue weighted by atomic mass is 10.2. The lowest BCUT2D eigenvalue weighted by molar-refractivity contribution is 0.0701. The zero-order chi connectivity index (χ0) is 16.3. The summed E-state index contributed by atoms with van der Waals surface area (Å²) in [6.45, 7) is 9.92. The molecular weight excluding hydrogens is 294 g/mol. The molecule has 0 atom stereocenters. The Balaban J connectivity index is 2.43. The van der Waals surface area contributed by atoms with Crippen molar-refractivity contribution >= 4 is 8.80 Å². The van der Waals surface area contributed by atoms with Gasteiger partial charge >= 0.3 is 8.80 Å². The van der Waals surface area contributed by atoms with Gasteiger partial charge in [-0.3, -0.25) is 0 Å². The summed E-state index contributed by atoms with van der Waals surface area (Å²) in [6, 6.07) is 11.4. The third-order valence-electron chi connectivity index (χ3n) is 3.41. The summed E-state index contributed by atoms with van der Waals surface area (Å²) in [5, 5.41) is 0. The Labute approximate surface area is 136 Å². The predicted molar refractivity (Wildman–Crippen MR) is 92.8 cm³/mol. The van der Waals surface area contributed by atoms with Crippen molar-refractivity contribution in [2.45, 2.75) is 39.8 Å². The SMILES string of the molecule is CCO[Si](CCCN(C)Cc1ccccc1)(OCC)OCC. The fourth-order valence-electron chi connectivity index (χ4n) is 2.54. The van der Waals surface area contributed by atoms with Gasteiger partial charge in [-0.05, 0) is 46.3 Å². The van der Waals surface area contributed by atoms with Crippen LogP contribution >= 0.6 is 0 Å². The maximum absolute atomic E-state index is 5.89. The topological polar surface area (TPSA) is 30.9 Å². The Morgan fingerprint density at radius 1 is 0.909 bits per heavy atom. The van der Waals surface area contributed by atoms with Crippen molar-refractivity contribution in [1.82, 2.24) is 4.90 Å². The minimum Gasteiger partial charge on any atom is -0.374 e. The normalized spacial score (nSPS) is 12.0. The maximum Gasteiger partial charge on any atom is 0.500 e. The first kappa shape index (κ1) is 19.3. The molecule has 0 bridgehead atoms. The largest absolute Gasteiger partial charge is 0.500 e. The van der Waals surface area contributed by atoms with E-state index in [1.165, 1.54) is 5.56 Å². The molecule has 0 fully saturated rings. The van der Waals surface area contributed by atoms with Gasteiger partial charge in [-0.15, -0.1) is 0 Å². The second kappa shape index (κ2) is 10.9. The van der Waals surface area contributed by atoms with Crippen molar-refractivity contribution < 1.29 is 13.3 Å². The van der Waals surface area contributed by atoms with Gasteiger partial charge in [-0.2, -0.15) is 0 Å². The van der Waals surface area contributed by atoms with Crippen molar-refractivity contribution in [1.29, 1.82) is 0 Å². The smallest absolute Gasteiger partial charge is 0.374 e. The molecule has 22 heavy (non-hydrogen) atoms. The van der Waals surface area contributed by atoms with E-state index in [-0.39, 0.29) is 0 Å². The van der Waals surface area contributed by atoms with Crippen molar-refractivity contribution in [2.24, 2.45) is 0 Å². The standard InChI is InChI=1S/C17H31NO3Si/c1-5-19-22(20-6-2,21-7-3)15-11-14-18(4)16-17-12-9-8-10-13-17/h8-10,12-13H,5-7,11,14-16H2,1-4H3. The number of hydrogen-bond acceptors (Lipinski definition) is 4. The molecule has 0 aliphatic carbocycles.